The number of carbonyl (C=O) groups is 1. The summed E-state index contributed by atoms with van der Waals surface area (Å²) in [6.45, 7) is 6.07. The summed E-state index contributed by atoms with van der Waals surface area (Å²) in [5.41, 5.74) is 7.89. The van der Waals surface area contributed by atoms with Gasteiger partial charge in [-0.15, -0.1) is 0 Å². The van der Waals surface area contributed by atoms with E-state index in [0.717, 1.165) is 35.9 Å². The van der Waals surface area contributed by atoms with Crippen molar-refractivity contribution in [3.63, 3.8) is 0 Å². The number of unbranched alkanes of at least 4 members (excludes halogenated alkanes) is 1. The monoisotopic (exact) mass is 342 g/mol. The lowest BCUT2D eigenvalue weighted by molar-refractivity contribution is 0.0940. The van der Waals surface area contributed by atoms with Crippen molar-refractivity contribution in [3.8, 4) is 0 Å². The molecule has 0 aliphatic heterocycles. The van der Waals surface area contributed by atoms with E-state index in [9.17, 15) is 4.79 Å². The van der Waals surface area contributed by atoms with E-state index in [1.807, 2.05) is 6.92 Å². The Balaban J connectivity index is 2.36. The molecule has 5 heteroatoms. The molecular weight excluding hydrogens is 320 g/mol. The molecule has 4 nitrogen and oxygen atoms in total. The Kier molecular flexibility index (Phi) is 7.62. The summed E-state index contributed by atoms with van der Waals surface area (Å²) < 4.78 is 6.26. The fraction of sp³-hybridized carbons (Fsp3) is 0.533. The van der Waals surface area contributed by atoms with Gasteiger partial charge in [0, 0.05) is 35.5 Å². The van der Waals surface area contributed by atoms with Gasteiger partial charge in [-0.2, -0.15) is 0 Å². The summed E-state index contributed by atoms with van der Waals surface area (Å²) in [6, 6.07) is 3.59. The molecule has 112 valence electrons. The van der Waals surface area contributed by atoms with Crippen LogP contribution in [-0.2, 0) is 4.74 Å². The number of halogens is 1. The Morgan fingerprint density at radius 1 is 1.35 bits per heavy atom. The third kappa shape index (κ3) is 5.51. The number of nitrogen functional groups attached to an aromatic ring is 1. The molecule has 1 aromatic rings. The molecule has 0 saturated heterocycles. The van der Waals surface area contributed by atoms with Gasteiger partial charge in [0.05, 0.1) is 0 Å². The predicted molar refractivity (Wildman–Crippen MR) is 86.0 cm³/mol. The van der Waals surface area contributed by atoms with E-state index in [-0.39, 0.29) is 5.91 Å². The molecule has 3 N–H and O–H groups in total. The van der Waals surface area contributed by atoms with E-state index in [1.54, 1.807) is 12.1 Å². The highest BCUT2D eigenvalue weighted by molar-refractivity contribution is 9.10. The molecule has 0 unspecified atom stereocenters. The normalized spacial score (nSPS) is 10.6. The molecule has 0 atom stereocenters. The first-order chi connectivity index (χ1) is 9.56. The van der Waals surface area contributed by atoms with Crippen molar-refractivity contribution < 1.29 is 9.53 Å². The third-order valence-corrected chi connectivity index (χ3v) is 3.51. The number of nitrogens with one attached hydrogen (secondary N) is 1. The number of hydrogen-bond acceptors (Lipinski definition) is 3. The molecule has 1 amide bonds. The minimum atomic E-state index is -0.0935. The second kappa shape index (κ2) is 8.97. The third-order valence-electron chi connectivity index (χ3n) is 3.05. The summed E-state index contributed by atoms with van der Waals surface area (Å²) in [5, 5.41) is 2.89. The van der Waals surface area contributed by atoms with Gasteiger partial charge in [-0.1, -0.05) is 29.3 Å². The molecule has 0 bridgehead atoms. The van der Waals surface area contributed by atoms with Gasteiger partial charge in [0.2, 0.25) is 0 Å². The van der Waals surface area contributed by atoms with Crippen LogP contribution in [0.5, 0.6) is 0 Å². The lowest BCUT2D eigenvalue weighted by atomic mass is 10.1. The van der Waals surface area contributed by atoms with Crippen LogP contribution in [0.25, 0.3) is 0 Å². The van der Waals surface area contributed by atoms with Gasteiger partial charge in [-0.05, 0) is 37.5 Å². The van der Waals surface area contributed by atoms with Crippen LogP contribution in [0.2, 0.25) is 0 Å². The molecule has 0 fully saturated rings. The minimum Gasteiger partial charge on any atom is -0.398 e. The number of amides is 1. The van der Waals surface area contributed by atoms with Gasteiger partial charge in [0.15, 0.2) is 0 Å². The van der Waals surface area contributed by atoms with Gasteiger partial charge in [0.1, 0.15) is 0 Å². The second-order valence-electron chi connectivity index (χ2n) is 4.74. The van der Waals surface area contributed by atoms with Crippen LogP contribution in [-0.4, -0.2) is 25.7 Å². The average Bonchev–Trinajstić information content (AvgIpc) is 2.41. The predicted octanol–water partition coefficient (Wildman–Crippen LogP) is 3.28. The summed E-state index contributed by atoms with van der Waals surface area (Å²) in [7, 11) is 0. The largest absolute Gasteiger partial charge is 0.398 e. The Bertz CT molecular complexity index is 450. The van der Waals surface area contributed by atoms with E-state index < -0.39 is 0 Å². The first kappa shape index (κ1) is 17.0. The lowest BCUT2D eigenvalue weighted by Crippen LogP contribution is -2.26. The van der Waals surface area contributed by atoms with Crippen LogP contribution in [0.4, 0.5) is 5.69 Å². The number of hydrogen-bond donors (Lipinski definition) is 2. The van der Waals surface area contributed by atoms with E-state index >= 15 is 0 Å². The summed E-state index contributed by atoms with van der Waals surface area (Å²) >= 11 is 3.35. The quantitative estimate of drug-likeness (QED) is 0.562. The standard InChI is InChI=1S/C15H23BrN2O2/c1-3-4-7-20-8-5-6-18-15(19)13-9-12(16)10-14(17)11(13)2/h9-10H,3-8,17H2,1-2H3,(H,18,19). The minimum absolute atomic E-state index is 0.0935. The first-order valence-corrected chi connectivity index (χ1v) is 7.77. The van der Waals surface area contributed by atoms with Crippen molar-refractivity contribution in [3.05, 3.63) is 27.7 Å². The molecule has 0 aromatic heterocycles. The number of carbonyl (C=O) groups excluding carboxylic acids is 1. The molecule has 0 radical (unpaired) electrons. The summed E-state index contributed by atoms with van der Waals surface area (Å²) in [5.74, 6) is -0.0935. The Morgan fingerprint density at radius 2 is 2.05 bits per heavy atom. The van der Waals surface area contributed by atoms with E-state index in [4.69, 9.17) is 10.5 Å². The van der Waals surface area contributed by atoms with Crippen molar-refractivity contribution in [2.24, 2.45) is 0 Å². The van der Waals surface area contributed by atoms with Crippen LogP contribution in [0, 0.1) is 6.92 Å². The molecule has 0 heterocycles. The summed E-state index contributed by atoms with van der Waals surface area (Å²) in [6.07, 6.45) is 3.04. The average molecular weight is 343 g/mol. The Labute approximate surface area is 129 Å². The fourth-order valence-electron chi connectivity index (χ4n) is 1.76. The van der Waals surface area contributed by atoms with E-state index in [0.29, 0.717) is 24.4 Å². The maximum Gasteiger partial charge on any atom is 0.251 e. The number of anilines is 1. The van der Waals surface area contributed by atoms with Crippen LogP contribution in [0.1, 0.15) is 42.1 Å². The number of rotatable bonds is 8. The zero-order valence-electron chi connectivity index (χ0n) is 12.2. The van der Waals surface area contributed by atoms with Gasteiger partial charge in [-0.25, -0.2) is 0 Å². The number of ether oxygens (including phenoxy) is 1. The molecule has 0 saturated carbocycles. The van der Waals surface area contributed by atoms with Crippen LogP contribution >= 0.6 is 15.9 Å². The molecule has 20 heavy (non-hydrogen) atoms. The van der Waals surface area contributed by atoms with Gasteiger partial charge < -0.3 is 15.8 Å². The molecule has 1 rings (SSSR count). The van der Waals surface area contributed by atoms with E-state index in [2.05, 4.69) is 28.2 Å². The van der Waals surface area contributed by atoms with Gasteiger partial charge in [0.25, 0.3) is 5.91 Å². The van der Waals surface area contributed by atoms with Crippen LogP contribution in [0.15, 0.2) is 16.6 Å². The smallest absolute Gasteiger partial charge is 0.251 e. The van der Waals surface area contributed by atoms with E-state index in [1.165, 1.54) is 0 Å². The van der Waals surface area contributed by atoms with Crippen molar-refractivity contribution in [2.75, 3.05) is 25.5 Å². The zero-order chi connectivity index (χ0) is 15.0. The SMILES string of the molecule is CCCCOCCCNC(=O)c1cc(Br)cc(N)c1C. The zero-order valence-corrected chi connectivity index (χ0v) is 13.8. The molecular formula is C15H23BrN2O2. The lowest BCUT2D eigenvalue weighted by Gasteiger charge is -2.10. The molecule has 0 spiro atoms. The first-order valence-electron chi connectivity index (χ1n) is 6.97. The van der Waals surface area contributed by atoms with Crippen molar-refractivity contribution in [1.29, 1.82) is 0 Å². The molecule has 0 aliphatic carbocycles. The molecule has 0 aliphatic rings. The maximum atomic E-state index is 12.1. The van der Waals surface area contributed by atoms with Crippen molar-refractivity contribution in [1.82, 2.24) is 5.32 Å². The second-order valence-corrected chi connectivity index (χ2v) is 5.66. The molecule has 1 aromatic carbocycles. The Hall–Kier alpha value is -1.07. The Morgan fingerprint density at radius 3 is 2.75 bits per heavy atom. The highest BCUT2D eigenvalue weighted by atomic mass is 79.9. The topological polar surface area (TPSA) is 64.3 Å². The van der Waals surface area contributed by atoms with Gasteiger partial charge >= 0.3 is 0 Å². The number of benzene rings is 1. The fourth-order valence-corrected chi connectivity index (χ4v) is 2.23. The maximum absolute atomic E-state index is 12.1. The number of nitrogens with two attached hydrogens (primary N) is 1. The van der Waals surface area contributed by atoms with Crippen molar-refractivity contribution >= 4 is 27.5 Å². The van der Waals surface area contributed by atoms with Crippen LogP contribution < -0.4 is 11.1 Å². The highest BCUT2D eigenvalue weighted by Gasteiger charge is 2.11. The van der Waals surface area contributed by atoms with Crippen LogP contribution in [0.3, 0.4) is 0 Å². The highest BCUT2D eigenvalue weighted by Crippen LogP contribution is 2.22. The van der Waals surface area contributed by atoms with Gasteiger partial charge in [-0.3, -0.25) is 4.79 Å². The van der Waals surface area contributed by atoms with Crippen molar-refractivity contribution in [2.45, 2.75) is 33.1 Å². The summed E-state index contributed by atoms with van der Waals surface area (Å²) in [4.78, 5) is 12.1.